The normalized spacial score (nSPS) is 19.9. The van der Waals surface area contributed by atoms with Crippen LogP contribution in [-0.4, -0.2) is 28.5 Å². The first-order chi connectivity index (χ1) is 9.25. The highest BCUT2D eigenvalue weighted by Crippen LogP contribution is 2.24. The molecule has 4 nitrogen and oxygen atoms in total. The molecule has 0 radical (unpaired) electrons. The fourth-order valence-corrected chi connectivity index (χ4v) is 4.12. The van der Waals surface area contributed by atoms with E-state index in [0.717, 1.165) is 40.8 Å². The lowest BCUT2D eigenvalue weighted by Crippen LogP contribution is -2.21. The van der Waals surface area contributed by atoms with Gasteiger partial charge in [-0.3, -0.25) is 9.36 Å². The average molecular weight is 296 g/mol. The number of hydrogen-bond acceptors (Lipinski definition) is 5. The minimum atomic E-state index is 0.0578. The van der Waals surface area contributed by atoms with Crippen LogP contribution in [0.2, 0.25) is 0 Å². The van der Waals surface area contributed by atoms with Gasteiger partial charge in [0.1, 0.15) is 4.70 Å². The van der Waals surface area contributed by atoms with E-state index < -0.39 is 0 Å². The summed E-state index contributed by atoms with van der Waals surface area (Å²) in [5.41, 5.74) is 0.873. The number of ether oxygens (including phenoxy) is 1. The summed E-state index contributed by atoms with van der Waals surface area (Å²) in [7, 11) is 1.80. The van der Waals surface area contributed by atoms with E-state index in [2.05, 4.69) is 4.98 Å². The van der Waals surface area contributed by atoms with E-state index >= 15 is 0 Å². The van der Waals surface area contributed by atoms with Crippen molar-refractivity contribution in [3.8, 4) is 0 Å². The molecule has 1 saturated heterocycles. The molecule has 0 bridgehead atoms. The van der Waals surface area contributed by atoms with Gasteiger partial charge in [0.05, 0.1) is 12.1 Å². The summed E-state index contributed by atoms with van der Waals surface area (Å²) in [6.07, 6.45) is 2.35. The molecular weight excluding hydrogens is 280 g/mol. The van der Waals surface area contributed by atoms with Crippen LogP contribution in [0.5, 0.6) is 0 Å². The molecule has 1 aliphatic heterocycles. The Hall–Kier alpha value is -0.850. The predicted octanol–water partition coefficient (Wildman–Crippen LogP) is 2.51. The van der Waals surface area contributed by atoms with Gasteiger partial charge in [0.25, 0.3) is 5.56 Å². The second-order valence-electron chi connectivity index (χ2n) is 4.79. The molecule has 0 amide bonds. The highest BCUT2D eigenvalue weighted by molar-refractivity contribution is 7.99. The Bertz CT molecular complexity index is 629. The molecule has 0 N–H and O–H groups in total. The van der Waals surface area contributed by atoms with Gasteiger partial charge in [-0.1, -0.05) is 11.8 Å². The number of nitrogens with zero attached hydrogens (tertiary/aromatic N) is 2. The SMILES string of the molecule is Cn1c(SCC2CCCOC2)nc2ccsc2c1=O. The Labute approximate surface area is 119 Å². The van der Waals surface area contributed by atoms with E-state index in [1.807, 2.05) is 11.4 Å². The van der Waals surface area contributed by atoms with Crippen molar-refractivity contribution in [2.75, 3.05) is 19.0 Å². The largest absolute Gasteiger partial charge is 0.381 e. The van der Waals surface area contributed by atoms with Crippen molar-refractivity contribution in [2.24, 2.45) is 13.0 Å². The molecule has 0 spiro atoms. The van der Waals surface area contributed by atoms with Crippen LogP contribution in [0.1, 0.15) is 12.8 Å². The standard InChI is InChI=1S/C13H16N2O2S2/c1-15-12(16)11-10(4-6-18-11)14-13(15)19-8-9-3-2-5-17-7-9/h4,6,9H,2-3,5,7-8H2,1H3. The molecule has 3 rings (SSSR count). The molecule has 6 heteroatoms. The third-order valence-electron chi connectivity index (χ3n) is 3.35. The van der Waals surface area contributed by atoms with Gasteiger partial charge < -0.3 is 4.74 Å². The van der Waals surface area contributed by atoms with E-state index in [4.69, 9.17) is 4.74 Å². The zero-order chi connectivity index (χ0) is 13.2. The van der Waals surface area contributed by atoms with Gasteiger partial charge >= 0.3 is 0 Å². The van der Waals surface area contributed by atoms with Crippen molar-refractivity contribution in [1.29, 1.82) is 0 Å². The Kier molecular flexibility index (Phi) is 3.91. The van der Waals surface area contributed by atoms with Crippen molar-refractivity contribution < 1.29 is 4.74 Å². The number of thioether (sulfide) groups is 1. The summed E-state index contributed by atoms with van der Waals surface area (Å²) >= 11 is 3.12. The zero-order valence-electron chi connectivity index (χ0n) is 10.8. The number of fused-ring (bicyclic) bond motifs is 1. The molecule has 0 aliphatic carbocycles. The number of aromatic nitrogens is 2. The van der Waals surface area contributed by atoms with Gasteiger partial charge in [0.15, 0.2) is 5.16 Å². The molecule has 1 fully saturated rings. The third kappa shape index (κ3) is 2.70. The van der Waals surface area contributed by atoms with E-state index in [1.54, 1.807) is 23.4 Å². The summed E-state index contributed by atoms with van der Waals surface area (Å²) in [6, 6.07) is 1.91. The fraction of sp³-hybridized carbons (Fsp3) is 0.538. The molecule has 2 aromatic rings. The Morgan fingerprint density at radius 1 is 1.63 bits per heavy atom. The molecule has 19 heavy (non-hydrogen) atoms. The van der Waals surface area contributed by atoms with E-state index in [9.17, 15) is 4.79 Å². The summed E-state index contributed by atoms with van der Waals surface area (Å²) in [5, 5.41) is 2.73. The Morgan fingerprint density at radius 3 is 3.32 bits per heavy atom. The van der Waals surface area contributed by atoms with Crippen LogP contribution in [0.25, 0.3) is 10.2 Å². The summed E-state index contributed by atoms with van der Waals surface area (Å²) < 4.78 is 7.88. The smallest absolute Gasteiger partial charge is 0.271 e. The van der Waals surface area contributed by atoms with Gasteiger partial charge in [0, 0.05) is 19.4 Å². The van der Waals surface area contributed by atoms with Crippen LogP contribution in [0.4, 0.5) is 0 Å². The summed E-state index contributed by atoms with van der Waals surface area (Å²) in [5.74, 6) is 1.55. The highest BCUT2D eigenvalue weighted by atomic mass is 32.2. The van der Waals surface area contributed by atoms with Crippen LogP contribution in [-0.2, 0) is 11.8 Å². The van der Waals surface area contributed by atoms with E-state index in [-0.39, 0.29) is 5.56 Å². The molecule has 0 saturated carbocycles. The maximum atomic E-state index is 12.2. The lowest BCUT2D eigenvalue weighted by Gasteiger charge is -2.21. The fourth-order valence-electron chi connectivity index (χ4n) is 2.23. The average Bonchev–Trinajstić information content (AvgIpc) is 2.91. The van der Waals surface area contributed by atoms with Gasteiger partial charge in [0.2, 0.25) is 0 Å². The van der Waals surface area contributed by atoms with Crippen molar-refractivity contribution in [2.45, 2.75) is 18.0 Å². The molecule has 1 aliphatic rings. The summed E-state index contributed by atoms with van der Waals surface area (Å²) in [4.78, 5) is 16.7. The monoisotopic (exact) mass is 296 g/mol. The lowest BCUT2D eigenvalue weighted by molar-refractivity contribution is 0.0632. The molecule has 102 valence electrons. The van der Waals surface area contributed by atoms with Crippen LogP contribution in [0.15, 0.2) is 21.4 Å². The molecule has 3 heterocycles. The van der Waals surface area contributed by atoms with Gasteiger partial charge in [-0.2, -0.15) is 0 Å². The van der Waals surface area contributed by atoms with Gasteiger partial charge in [-0.25, -0.2) is 4.98 Å². The minimum Gasteiger partial charge on any atom is -0.381 e. The van der Waals surface area contributed by atoms with Crippen molar-refractivity contribution in [1.82, 2.24) is 9.55 Å². The molecule has 2 aromatic heterocycles. The predicted molar refractivity (Wildman–Crippen MR) is 79.1 cm³/mol. The third-order valence-corrected chi connectivity index (χ3v) is 5.50. The van der Waals surface area contributed by atoms with Crippen LogP contribution in [0.3, 0.4) is 0 Å². The highest BCUT2D eigenvalue weighted by Gasteiger charge is 2.16. The van der Waals surface area contributed by atoms with Crippen LogP contribution >= 0.6 is 23.1 Å². The molecule has 1 atom stereocenters. The van der Waals surface area contributed by atoms with Crippen molar-refractivity contribution in [3.63, 3.8) is 0 Å². The maximum absolute atomic E-state index is 12.2. The van der Waals surface area contributed by atoms with Gasteiger partial charge in [-0.05, 0) is 30.2 Å². The van der Waals surface area contributed by atoms with Gasteiger partial charge in [-0.15, -0.1) is 11.3 Å². The maximum Gasteiger partial charge on any atom is 0.271 e. The molecule has 1 unspecified atom stereocenters. The van der Waals surface area contributed by atoms with E-state index in [0.29, 0.717) is 5.92 Å². The number of hydrogen-bond donors (Lipinski definition) is 0. The first kappa shape index (κ1) is 13.1. The quantitative estimate of drug-likeness (QED) is 0.645. The Morgan fingerprint density at radius 2 is 2.53 bits per heavy atom. The zero-order valence-corrected chi connectivity index (χ0v) is 12.4. The molecular formula is C13H16N2O2S2. The van der Waals surface area contributed by atoms with Crippen molar-refractivity contribution >= 4 is 33.3 Å². The number of thiophene rings is 1. The molecule has 0 aromatic carbocycles. The van der Waals surface area contributed by atoms with E-state index in [1.165, 1.54) is 17.8 Å². The lowest BCUT2D eigenvalue weighted by atomic mass is 10.1. The first-order valence-electron chi connectivity index (χ1n) is 6.40. The van der Waals surface area contributed by atoms with Crippen molar-refractivity contribution in [3.05, 3.63) is 21.8 Å². The summed E-state index contributed by atoms with van der Waals surface area (Å²) in [6.45, 7) is 1.72. The second-order valence-corrected chi connectivity index (χ2v) is 6.69. The minimum absolute atomic E-state index is 0.0578. The topological polar surface area (TPSA) is 44.1 Å². The second kappa shape index (κ2) is 5.64. The van der Waals surface area contributed by atoms with Crippen LogP contribution < -0.4 is 5.56 Å². The number of rotatable bonds is 3. The van der Waals surface area contributed by atoms with Crippen LogP contribution in [0, 0.1) is 5.92 Å². The Balaban J connectivity index is 1.80. The first-order valence-corrected chi connectivity index (χ1v) is 8.27.